The molecule has 9 heteroatoms. The lowest BCUT2D eigenvalue weighted by Crippen LogP contribution is -2.38. The van der Waals surface area contributed by atoms with E-state index in [0.717, 1.165) is 19.3 Å². The first-order chi connectivity index (χ1) is 17.6. The molecule has 0 aliphatic carbocycles. The molecule has 1 unspecified atom stereocenters. The highest BCUT2D eigenvalue weighted by atomic mass is 31.2. The number of rotatable bonds is 27. The van der Waals surface area contributed by atoms with E-state index in [2.05, 4.69) is 6.92 Å². The number of ether oxygens (including phenoxy) is 1. The maximum Gasteiger partial charge on any atom is 0.305 e. The average Bonchev–Trinajstić information content (AvgIpc) is 2.82. The Morgan fingerprint density at radius 3 is 1.65 bits per heavy atom. The Hall–Kier alpha value is -0.500. The maximum atomic E-state index is 11.9. The third-order valence-corrected chi connectivity index (χ3v) is 7.46. The van der Waals surface area contributed by atoms with Crippen molar-refractivity contribution in [1.82, 2.24) is 0 Å². The number of carbonyl (C=O) groups is 1. The number of likely N-dealkylation sites (N-methyl/N-ethyl adjacent to an activating group) is 1. The van der Waals surface area contributed by atoms with Crippen molar-refractivity contribution in [3.8, 4) is 0 Å². The molecule has 0 aromatic carbocycles. The van der Waals surface area contributed by atoms with E-state index in [1.54, 1.807) is 0 Å². The van der Waals surface area contributed by atoms with Gasteiger partial charge in [-0.3, -0.25) is 9.36 Å². The molecule has 0 aliphatic heterocycles. The second-order valence-corrected chi connectivity index (χ2v) is 12.7. The van der Waals surface area contributed by atoms with E-state index < -0.39 is 26.5 Å². The van der Waals surface area contributed by atoms with Crippen molar-refractivity contribution in [1.29, 1.82) is 0 Å². The van der Waals surface area contributed by atoms with Crippen molar-refractivity contribution in [2.45, 2.75) is 129 Å². The van der Waals surface area contributed by atoms with Gasteiger partial charge in [-0.2, -0.15) is 0 Å². The van der Waals surface area contributed by atoms with E-state index in [-0.39, 0.29) is 19.6 Å². The number of aliphatic hydroxyl groups is 1. The summed E-state index contributed by atoms with van der Waals surface area (Å²) in [5.41, 5.74) is 0. The Labute approximate surface area is 227 Å². The van der Waals surface area contributed by atoms with Crippen molar-refractivity contribution < 1.29 is 37.6 Å². The van der Waals surface area contributed by atoms with E-state index in [9.17, 15) is 19.4 Å². The SMILES string of the molecule is CCCCCCCCCCCCCCCCCCCC(=O)OC[C@H](CO)OP(=O)([O-])OCC[N+](C)(C)C. The quantitative estimate of drug-likeness (QED) is 0.0566. The van der Waals surface area contributed by atoms with Crippen molar-refractivity contribution in [3.63, 3.8) is 0 Å². The number of carbonyl (C=O) groups excluding carboxylic acids is 1. The molecule has 0 aromatic heterocycles. The average molecular weight is 552 g/mol. The van der Waals surface area contributed by atoms with Crippen LogP contribution in [0, 0.1) is 0 Å². The van der Waals surface area contributed by atoms with Gasteiger partial charge in [-0.05, 0) is 6.42 Å². The third kappa shape index (κ3) is 26.9. The summed E-state index contributed by atoms with van der Waals surface area (Å²) in [7, 11) is 1.16. The smallest absolute Gasteiger partial charge is 0.305 e. The summed E-state index contributed by atoms with van der Waals surface area (Å²) < 4.78 is 27.2. The predicted octanol–water partition coefficient (Wildman–Crippen LogP) is 6.14. The van der Waals surface area contributed by atoms with Crippen LogP contribution in [-0.2, 0) is 23.1 Å². The van der Waals surface area contributed by atoms with E-state index in [0.29, 0.717) is 11.0 Å². The first-order valence-electron chi connectivity index (χ1n) is 14.8. The van der Waals surface area contributed by atoms with Crippen LogP contribution >= 0.6 is 7.82 Å². The molecule has 0 saturated heterocycles. The van der Waals surface area contributed by atoms with Crippen molar-refractivity contribution in [3.05, 3.63) is 0 Å². The zero-order valence-electron chi connectivity index (χ0n) is 24.4. The second kappa shape index (κ2) is 23.4. The molecule has 0 aromatic rings. The van der Waals surface area contributed by atoms with E-state index in [4.69, 9.17) is 13.8 Å². The summed E-state index contributed by atoms with van der Waals surface area (Å²) in [6.45, 7) is 1.81. The number of phosphoric ester groups is 1. The number of esters is 1. The van der Waals surface area contributed by atoms with Crippen LogP contribution in [0.2, 0.25) is 0 Å². The lowest BCUT2D eigenvalue weighted by Gasteiger charge is -2.29. The maximum absolute atomic E-state index is 11.9. The normalized spacial score (nSPS) is 14.4. The molecule has 0 bridgehead atoms. The molecule has 0 rings (SSSR count). The van der Waals surface area contributed by atoms with E-state index >= 15 is 0 Å². The number of hydrogen-bond acceptors (Lipinski definition) is 7. The fourth-order valence-electron chi connectivity index (χ4n) is 4.01. The standard InChI is InChI=1S/C28H58NO7P/c1-5-6-7-8-9-10-11-12-13-14-15-16-17-18-19-20-21-22-28(31)34-26-27(25-30)36-37(32,33)35-24-23-29(2,3)4/h27,30H,5-26H2,1-4H3/t27-/m0/s1. The van der Waals surface area contributed by atoms with Crippen molar-refractivity contribution >= 4 is 13.8 Å². The zero-order valence-corrected chi connectivity index (χ0v) is 25.3. The largest absolute Gasteiger partial charge is 0.756 e. The number of hydrogen-bond donors (Lipinski definition) is 1. The van der Waals surface area contributed by atoms with Gasteiger partial charge in [0, 0.05) is 6.42 Å². The molecule has 0 spiro atoms. The lowest BCUT2D eigenvalue weighted by atomic mass is 10.0. The van der Waals surface area contributed by atoms with Crippen LogP contribution in [0.5, 0.6) is 0 Å². The lowest BCUT2D eigenvalue weighted by molar-refractivity contribution is -0.870. The Balaban J connectivity index is 3.60. The van der Waals surface area contributed by atoms with Crippen LogP contribution in [-0.4, -0.2) is 69.2 Å². The van der Waals surface area contributed by atoms with Crippen LogP contribution in [0.3, 0.4) is 0 Å². The molecular formula is C28H58NO7P. The molecule has 1 N–H and O–H groups in total. The minimum absolute atomic E-state index is 0.0263. The summed E-state index contributed by atoms with van der Waals surface area (Å²) >= 11 is 0. The summed E-state index contributed by atoms with van der Waals surface area (Å²) in [5, 5.41) is 9.35. The molecule has 0 heterocycles. The highest BCUT2D eigenvalue weighted by Gasteiger charge is 2.20. The van der Waals surface area contributed by atoms with Crippen molar-refractivity contribution in [2.75, 3.05) is 47.5 Å². The van der Waals surface area contributed by atoms with Gasteiger partial charge >= 0.3 is 5.97 Å². The third-order valence-electron chi connectivity index (χ3n) is 6.41. The van der Waals surface area contributed by atoms with Gasteiger partial charge in [-0.15, -0.1) is 0 Å². The molecule has 0 amide bonds. The fourth-order valence-corrected chi connectivity index (χ4v) is 4.87. The molecule has 0 aliphatic rings. The number of unbranched alkanes of at least 4 members (excludes halogenated alkanes) is 16. The molecule has 37 heavy (non-hydrogen) atoms. The molecule has 222 valence electrons. The fraction of sp³-hybridized carbons (Fsp3) is 0.964. The van der Waals surface area contributed by atoms with Gasteiger partial charge in [-0.25, -0.2) is 0 Å². The molecule has 2 atom stereocenters. The molecule has 0 saturated carbocycles. The Morgan fingerprint density at radius 1 is 0.811 bits per heavy atom. The summed E-state index contributed by atoms with van der Waals surface area (Å²) in [6, 6.07) is 0. The van der Waals surface area contributed by atoms with E-state index in [1.165, 1.54) is 89.9 Å². The van der Waals surface area contributed by atoms with Crippen molar-refractivity contribution in [2.24, 2.45) is 0 Å². The molecule has 0 radical (unpaired) electrons. The highest BCUT2D eigenvalue weighted by Crippen LogP contribution is 2.39. The van der Waals surface area contributed by atoms with Crippen LogP contribution < -0.4 is 4.89 Å². The van der Waals surface area contributed by atoms with Gasteiger partial charge in [0.2, 0.25) is 0 Å². The van der Waals surface area contributed by atoms with Crippen LogP contribution in [0.4, 0.5) is 0 Å². The Morgan fingerprint density at radius 2 is 1.24 bits per heavy atom. The van der Waals surface area contributed by atoms with Gasteiger partial charge in [-0.1, -0.05) is 110 Å². The molecule has 0 fully saturated rings. The molecule has 8 nitrogen and oxygen atoms in total. The number of aliphatic hydroxyl groups excluding tert-OH is 1. The van der Waals surface area contributed by atoms with Crippen LogP contribution in [0.25, 0.3) is 0 Å². The van der Waals surface area contributed by atoms with Gasteiger partial charge in [0.05, 0.1) is 27.7 Å². The zero-order chi connectivity index (χ0) is 27.8. The van der Waals surface area contributed by atoms with Gasteiger partial charge in [0.1, 0.15) is 25.9 Å². The summed E-state index contributed by atoms with van der Waals surface area (Å²) in [5.74, 6) is -0.408. The van der Waals surface area contributed by atoms with Gasteiger partial charge < -0.3 is 28.3 Å². The predicted molar refractivity (Wildman–Crippen MR) is 148 cm³/mol. The number of nitrogens with zero attached hydrogens (tertiary/aromatic N) is 1. The summed E-state index contributed by atoms with van der Waals surface area (Å²) in [4.78, 5) is 23.8. The summed E-state index contributed by atoms with van der Waals surface area (Å²) in [6.07, 6.45) is 20.9. The first kappa shape index (κ1) is 36.5. The first-order valence-corrected chi connectivity index (χ1v) is 16.3. The van der Waals surface area contributed by atoms with Crippen LogP contribution in [0.1, 0.15) is 122 Å². The topological polar surface area (TPSA) is 105 Å². The number of phosphoric acid groups is 1. The van der Waals surface area contributed by atoms with Crippen LogP contribution in [0.15, 0.2) is 0 Å². The minimum atomic E-state index is -4.58. The highest BCUT2D eigenvalue weighted by molar-refractivity contribution is 7.45. The monoisotopic (exact) mass is 551 g/mol. The number of quaternary nitrogens is 1. The van der Waals surface area contributed by atoms with E-state index in [1.807, 2.05) is 21.1 Å². The Kier molecular flexibility index (Phi) is 23.1. The second-order valence-electron chi connectivity index (χ2n) is 11.3. The minimum Gasteiger partial charge on any atom is -0.756 e. The van der Waals surface area contributed by atoms with Gasteiger partial charge in [0.25, 0.3) is 7.82 Å². The molecular weight excluding hydrogens is 493 g/mol. The van der Waals surface area contributed by atoms with Gasteiger partial charge in [0.15, 0.2) is 0 Å². The Bertz CT molecular complexity index is 583.